The zero-order valence-corrected chi connectivity index (χ0v) is 11.1. The van der Waals surface area contributed by atoms with Crippen LogP contribution in [0.15, 0.2) is 40.9 Å². The van der Waals surface area contributed by atoms with Crippen LogP contribution in [0.3, 0.4) is 0 Å². The highest BCUT2D eigenvalue weighted by Crippen LogP contribution is 2.24. The van der Waals surface area contributed by atoms with E-state index in [1.165, 1.54) is 6.20 Å². The lowest BCUT2D eigenvalue weighted by Gasteiger charge is -2.06. The van der Waals surface area contributed by atoms with Gasteiger partial charge in [-0.3, -0.25) is 0 Å². The maximum atomic E-state index is 11.4. The topological polar surface area (TPSA) is 62.1 Å². The Bertz CT molecular complexity index is 492. The van der Waals surface area contributed by atoms with E-state index in [-0.39, 0.29) is 12.2 Å². The number of benzene rings is 1. The minimum Gasteiger partial charge on any atom is -0.462 e. The van der Waals surface area contributed by atoms with Crippen molar-refractivity contribution >= 4 is 23.4 Å². The van der Waals surface area contributed by atoms with Gasteiger partial charge in [0.25, 0.3) is 0 Å². The number of nitrogens with zero attached hydrogens (tertiary/aromatic N) is 1. The highest BCUT2D eigenvalue weighted by atomic mass is 32.2. The van der Waals surface area contributed by atoms with Gasteiger partial charge in [-0.15, -0.1) is 11.8 Å². The SMILES string of the molecule is CCOC(=O)/C(C#N)=C/Nc1ccccc1SC. The van der Waals surface area contributed by atoms with Crippen molar-refractivity contribution in [3.63, 3.8) is 0 Å². The number of carbonyl (C=O) groups is 1. The molecule has 5 heteroatoms. The third kappa shape index (κ3) is 3.82. The van der Waals surface area contributed by atoms with Crippen LogP contribution in [0, 0.1) is 11.3 Å². The molecule has 1 N–H and O–H groups in total. The predicted octanol–water partition coefficient (Wildman–Crippen LogP) is 2.79. The molecule has 0 atom stereocenters. The number of hydrogen-bond acceptors (Lipinski definition) is 5. The van der Waals surface area contributed by atoms with Crippen LogP contribution < -0.4 is 5.32 Å². The molecule has 1 aromatic rings. The van der Waals surface area contributed by atoms with Crippen molar-refractivity contribution in [2.45, 2.75) is 11.8 Å². The number of esters is 1. The van der Waals surface area contributed by atoms with Gasteiger partial charge in [0.1, 0.15) is 6.07 Å². The number of rotatable bonds is 5. The zero-order chi connectivity index (χ0) is 13.4. The van der Waals surface area contributed by atoms with Gasteiger partial charge >= 0.3 is 5.97 Å². The summed E-state index contributed by atoms with van der Waals surface area (Å²) < 4.78 is 4.76. The number of carbonyl (C=O) groups excluding carboxylic acids is 1. The lowest BCUT2D eigenvalue weighted by Crippen LogP contribution is -2.08. The second kappa shape index (κ2) is 7.41. The first-order valence-electron chi connectivity index (χ1n) is 5.39. The molecular formula is C13H14N2O2S. The van der Waals surface area contributed by atoms with E-state index in [9.17, 15) is 4.79 Å². The first-order valence-corrected chi connectivity index (χ1v) is 6.62. The molecule has 0 amide bonds. The molecule has 0 heterocycles. The predicted molar refractivity (Wildman–Crippen MR) is 72.2 cm³/mol. The Morgan fingerprint density at radius 3 is 2.89 bits per heavy atom. The van der Waals surface area contributed by atoms with Gasteiger partial charge in [-0.05, 0) is 25.3 Å². The van der Waals surface area contributed by atoms with Crippen molar-refractivity contribution < 1.29 is 9.53 Å². The van der Waals surface area contributed by atoms with E-state index in [1.807, 2.05) is 36.6 Å². The van der Waals surface area contributed by atoms with E-state index >= 15 is 0 Å². The molecule has 0 saturated heterocycles. The van der Waals surface area contributed by atoms with Gasteiger partial charge in [0.05, 0.1) is 12.3 Å². The molecule has 94 valence electrons. The highest BCUT2D eigenvalue weighted by molar-refractivity contribution is 7.98. The van der Waals surface area contributed by atoms with E-state index in [4.69, 9.17) is 10.00 Å². The lowest BCUT2D eigenvalue weighted by molar-refractivity contribution is -0.138. The normalized spacial score (nSPS) is 10.6. The van der Waals surface area contributed by atoms with Crippen molar-refractivity contribution in [1.29, 1.82) is 5.26 Å². The minimum atomic E-state index is -0.617. The Hall–Kier alpha value is -1.93. The maximum absolute atomic E-state index is 11.4. The van der Waals surface area contributed by atoms with Crippen molar-refractivity contribution in [3.8, 4) is 6.07 Å². The molecule has 0 aliphatic rings. The van der Waals surface area contributed by atoms with Gasteiger partial charge in [-0.1, -0.05) is 12.1 Å². The number of nitrogens with one attached hydrogen (secondary N) is 1. The Morgan fingerprint density at radius 1 is 1.56 bits per heavy atom. The summed E-state index contributed by atoms with van der Waals surface area (Å²) in [5, 5.41) is 11.8. The monoisotopic (exact) mass is 262 g/mol. The average Bonchev–Trinajstić information content (AvgIpc) is 2.40. The first-order chi connectivity index (χ1) is 8.72. The van der Waals surface area contributed by atoms with Crippen molar-refractivity contribution in [2.75, 3.05) is 18.2 Å². The van der Waals surface area contributed by atoms with Crippen LogP contribution in [0.2, 0.25) is 0 Å². The molecular weight excluding hydrogens is 248 g/mol. The third-order valence-electron chi connectivity index (χ3n) is 2.09. The van der Waals surface area contributed by atoms with Crippen LogP contribution in [0.4, 0.5) is 5.69 Å². The molecule has 0 unspecified atom stereocenters. The van der Waals surface area contributed by atoms with E-state index in [0.717, 1.165) is 10.6 Å². The molecule has 1 rings (SSSR count). The first kappa shape index (κ1) is 14.1. The van der Waals surface area contributed by atoms with Crippen molar-refractivity contribution in [1.82, 2.24) is 0 Å². The quantitative estimate of drug-likeness (QED) is 0.382. The molecule has 0 aliphatic heterocycles. The van der Waals surface area contributed by atoms with Crippen LogP contribution in [0.1, 0.15) is 6.92 Å². The molecule has 0 aliphatic carbocycles. The molecule has 18 heavy (non-hydrogen) atoms. The molecule has 0 fully saturated rings. The molecule has 0 bridgehead atoms. The average molecular weight is 262 g/mol. The standard InChI is InChI=1S/C13H14N2O2S/c1-3-17-13(16)10(8-14)9-15-11-6-4-5-7-12(11)18-2/h4-7,9,15H,3H2,1-2H3/b10-9+. The van der Waals surface area contributed by atoms with Crippen LogP contribution in [-0.2, 0) is 9.53 Å². The van der Waals surface area contributed by atoms with Crippen LogP contribution in [0.25, 0.3) is 0 Å². The number of nitriles is 1. The van der Waals surface area contributed by atoms with E-state index in [2.05, 4.69) is 5.32 Å². The summed E-state index contributed by atoms with van der Waals surface area (Å²) in [6.45, 7) is 1.95. The Balaban J connectivity index is 2.84. The van der Waals surface area contributed by atoms with E-state index in [1.54, 1.807) is 18.7 Å². The van der Waals surface area contributed by atoms with Gasteiger partial charge in [0, 0.05) is 11.1 Å². The Labute approximate surface area is 111 Å². The highest BCUT2D eigenvalue weighted by Gasteiger charge is 2.09. The van der Waals surface area contributed by atoms with Crippen LogP contribution in [-0.4, -0.2) is 18.8 Å². The summed E-state index contributed by atoms with van der Waals surface area (Å²) in [5.41, 5.74) is 0.801. The fraction of sp³-hybridized carbons (Fsp3) is 0.231. The third-order valence-corrected chi connectivity index (χ3v) is 2.89. The minimum absolute atomic E-state index is 0.0484. The summed E-state index contributed by atoms with van der Waals surface area (Å²) in [5.74, 6) is -0.617. The van der Waals surface area contributed by atoms with Gasteiger partial charge in [0.15, 0.2) is 5.57 Å². The number of ether oxygens (including phenoxy) is 1. The molecule has 4 nitrogen and oxygen atoms in total. The fourth-order valence-corrected chi connectivity index (χ4v) is 1.82. The maximum Gasteiger partial charge on any atom is 0.350 e. The second-order valence-corrected chi connectivity index (χ2v) is 4.08. The van der Waals surface area contributed by atoms with Crippen molar-refractivity contribution in [3.05, 3.63) is 36.0 Å². The molecule has 0 radical (unpaired) electrons. The Kier molecular flexibility index (Phi) is 5.81. The summed E-state index contributed by atoms with van der Waals surface area (Å²) >= 11 is 1.58. The number of para-hydroxylation sites is 1. The molecule has 1 aromatic carbocycles. The summed E-state index contributed by atoms with van der Waals surface area (Å²) in [6.07, 6.45) is 3.33. The summed E-state index contributed by atoms with van der Waals surface area (Å²) in [7, 11) is 0. The smallest absolute Gasteiger partial charge is 0.350 e. The summed E-state index contributed by atoms with van der Waals surface area (Å²) in [4.78, 5) is 12.4. The van der Waals surface area contributed by atoms with Gasteiger partial charge in [0.2, 0.25) is 0 Å². The van der Waals surface area contributed by atoms with E-state index in [0.29, 0.717) is 0 Å². The molecule has 0 spiro atoms. The second-order valence-electron chi connectivity index (χ2n) is 3.23. The van der Waals surface area contributed by atoms with Crippen molar-refractivity contribution in [2.24, 2.45) is 0 Å². The number of thioether (sulfide) groups is 1. The Morgan fingerprint density at radius 2 is 2.28 bits per heavy atom. The largest absolute Gasteiger partial charge is 0.462 e. The number of hydrogen-bond donors (Lipinski definition) is 1. The van der Waals surface area contributed by atoms with Gasteiger partial charge in [-0.25, -0.2) is 4.79 Å². The van der Waals surface area contributed by atoms with Gasteiger partial charge < -0.3 is 10.1 Å². The lowest BCUT2D eigenvalue weighted by atomic mass is 10.3. The number of anilines is 1. The van der Waals surface area contributed by atoms with Crippen LogP contribution in [0.5, 0.6) is 0 Å². The van der Waals surface area contributed by atoms with Crippen LogP contribution >= 0.6 is 11.8 Å². The van der Waals surface area contributed by atoms with E-state index < -0.39 is 5.97 Å². The summed E-state index contributed by atoms with van der Waals surface area (Å²) in [6, 6.07) is 9.45. The fourth-order valence-electron chi connectivity index (χ4n) is 1.26. The molecule has 0 saturated carbocycles. The molecule has 0 aromatic heterocycles. The zero-order valence-electron chi connectivity index (χ0n) is 10.3. The van der Waals surface area contributed by atoms with Gasteiger partial charge in [-0.2, -0.15) is 5.26 Å².